The fraction of sp³-hybridized carbons (Fsp3) is 0.0714. The van der Waals surface area contributed by atoms with Crippen LogP contribution < -0.4 is 4.74 Å². The van der Waals surface area contributed by atoms with Crippen molar-refractivity contribution in [1.29, 1.82) is 0 Å². The van der Waals surface area contributed by atoms with E-state index in [1.165, 1.54) is 12.1 Å². The minimum absolute atomic E-state index is 0.00606. The molecular formula is C14H9ClN2O3. The largest absolute Gasteiger partial charge is 0.485 e. The predicted octanol–water partition coefficient (Wildman–Crippen LogP) is 3.76. The summed E-state index contributed by atoms with van der Waals surface area (Å²) in [4.78, 5) is 14.8. The number of ether oxygens (including phenoxy) is 1. The minimum Gasteiger partial charge on any atom is -0.485 e. The summed E-state index contributed by atoms with van der Waals surface area (Å²) < 4.78 is 5.57. The van der Waals surface area contributed by atoms with Gasteiger partial charge in [0.2, 0.25) is 0 Å². The summed E-state index contributed by atoms with van der Waals surface area (Å²) in [6, 6.07) is 11.6. The SMILES string of the molecule is O=[N+]([O-])c1ccc2c(c1)N=C(c1ccc(Cl)cc1)CO2. The Labute approximate surface area is 119 Å². The summed E-state index contributed by atoms with van der Waals surface area (Å²) >= 11 is 5.84. The van der Waals surface area contributed by atoms with Crippen molar-refractivity contribution in [1.82, 2.24) is 0 Å². The molecular weight excluding hydrogens is 280 g/mol. The minimum atomic E-state index is -0.452. The van der Waals surface area contributed by atoms with Gasteiger partial charge in [0.05, 0.1) is 10.6 Å². The first-order valence-corrected chi connectivity index (χ1v) is 6.26. The van der Waals surface area contributed by atoms with E-state index in [1.54, 1.807) is 18.2 Å². The molecule has 1 aliphatic rings. The molecule has 3 rings (SSSR count). The van der Waals surface area contributed by atoms with Gasteiger partial charge >= 0.3 is 0 Å². The second kappa shape index (κ2) is 4.94. The molecule has 6 heteroatoms. The number of halogens is 1. The van der Waals surface area contributed by atoms with Gasteiger partial charge in [-0.15, -0.1) is 0 Å². The summed E-state index contributed by atoms with van der Waals surface area (Å²) in [5.41, 5.74) is 2.06. The van der Waals surface area contributed by atoms with E-state index in [-0.39, 0.29) is 5.69 Å². The number of fused-ring (bicyclic) bond motifs is 1. The quantitative estimate of drug-likeness (QED) is 0.624. The highest BCUT2D eigenvalue weighted by Crippen LogP contribution is 2.34. The number of nitrogens with zero attached hydrogens (tertiary/aromatic N) is 2. The third-order valence-corrected chi connectivity index (χ3v) is 3.20. The monoisotopic (exact) mass is 288 g/mol. The predicted molar refractivity (Wildman–Crippen MR) is 76.2 cm³/mol. The van der Waals surface area contributed by atoms with E-state index in [0.717, 1.165) is 11.3 Å². The number of aliphatic imine (C=N–C) groups is 1. The molecule has 2 aromatic carbocycles. The summed E-state index contributed by atoms with van der Waals surface area (Å²) in [5, 5.41) is 11.4. The Balaban J connectivity index is 2.02. The molecule has 0 unspecified atom stereocenters. The molecule has 2 aromatic rings. The molecule has 0 spiro atoms. The van der Waals surface area contributed by atoms with E-state index in [2.05, 4.69) is 4.99 Å². The third kappa shape index (κ3) is 2.35. The molecule has 0 N–H and O–H groups in total. The van der Waals surface area contributed by atoms with E-state index in [4.69, 9.17) is 16.3 Å². The molecule has 0 aromatic heterocycles. The molecule has 0 atom stereocenters. The summed E-state index contributed by atoms with van der Waals surface area (Å²) in [7, 11) is 0. The standard InChI is InChI=1S/C14H9ClN2O3/c15-10-3-1-9(2-4-10)13-8-20-14-6-5-11(17(18)19)7-12(14)16-13/h1-7H,8H2. The van der Waals surface area contributed by atoms with Crippen LogP contribution in [0.25, 0.3) is 0 Å². The van der Waals surface area contributed by atoms with Crippen LogP contribution >= 0.6 is 11.6 Å². The highest BCUT2D eigenvalue weighted by atomic mass is 35.5. The van der Waals surface area contributed by atoms with Crippen LogP contribution in [-0.4, -0.2) is 17.2 Å². The lowest BCUT2D eigenvalue weighted by atomic mass is 10.1. The Bertz CT molecular complexity index is 711. The average Bonchev–Trinajstić information content (AvgIpc) is 2.47. The van der Waals surface area contributed by atoms with E-state index in [9.17, 15) is 10.1 Å². The number of hydrogen-bond donors (Lipinski definition) is 0. The molecule has 0 saturated heterocycles. The lowest BCUT2D eigenvalue weighted by Crippen LogP contribution is -2.16. The van der Waals surface area contributed by atoms with E-state index in [1.807, 2.05) is 12.1 Å². The van der Waals surface area contributed by atoms with Crippen molar-refractivity contribution in [3.8, 4) is 5.75 Å². The zero-order valence-corrected chi connectivity index (χ0v) is 11.0. The average molecular weight is 289 g/mol. The maximum atomic E-state index is 10.8. The van der Waals surface area contributed by atoms with E-state index in [0.29, 0.717) is 23.1 Å². The van der Waals surface area contributed by atoms with Gasteiger partial charge < -0.3 is 4.74 Å². The molecule has 0 radical (unpaired) electrons. The Morgan fingerprint density at radius 2 is 1.95 bits per heavy atom. The molecule has 0 saturated carbocycles. The van der Waals surface area contributed by atoms with Crippen molar-refractivity contribution in [2.24, 2.45) is 4.99 Å². The van der Waals surface area contributed by atoms with Crippen molar-refractivity contribution in [3.05, 3.63) is 63.2 Å². The van der Waals surface area contributed by atoms with Crippen LogP contribution in [0.15, 0.2) is 47.5 Å². The summed E-state index contributed by atoms with van der Waals surface area (Å²) in [6.45, 7) is 0.326. The number of nitro groups is 1. The zero-order chi connectivity index (χ0) is 14.1. The second-order valence-corrected chi connectivity index (χ2v) is 4.70. The van der Waals surface area contributed by atoms with Crippen LogP contribution in [0.1, 0.15) is 5.56 Å². The van der Waals surface area contributed by atoms with Gasteiger partial charge in [-0.2, -0.15) is 0 Å². The Morgan fingerprint density at radius 3 is 2.65 bits per heavy atom. The van der Waals surface area contributed by atoms with Crippen LogP contribution in [0.3, 0.4) is 0 Å². The van der Waals surface area contributed by atoms with Gasteiger partial charge in [-0.1, -0.05) is 23.7 Å². The van der Waals surface area contributed by atoms with Crippen molar-refractivity contribution in [2.75, 3.05) is 6.61 Å². The summed E-state index contributed by atoms with van der Waals surface area (Å²) in [5.74, 6) is 0.549. The maximum Gasteiger partial charge on any atom is 0.271 e. The van der Waals surface area contributed by atoms with Gasteiger partial charge in [-0.05, 0) is 23.8 Å². The lowest BCUT2D eigenvalue weighted by Gasteiger charge is -2.16. The van der Waals surface area contributed by atoms with Crippen LogP contribution in [0.2, 0.25) is 5.02 Å². The third-order valence-electron chi connectivity index (χ3n) is 2.95. The van der Waals surface area contributed by atoms with Crippen LogP contribution in [0.5, 0.6) is 5.75 Å². The molecule has 100 valence electrons. The first-order valence-electron chi connectivity index (χ1n) is 5.88. The Kier molecular flexibility index (Phi) is 3.12. The molecule has 0 amide bonds. The van der Waals surface area contributed by atoms with Gasteiger partial charge in [0.1, 0.15) is 18.0 Å². The topological polar surface area (TPSA) is 64.7 Å². The molecule has 0 aliphatic carbocycles. The van der Waals surface area contributed by atoms with Gasteiger partial charge in [0.15, 0.2) is 0 Å². The second-order valence-electron chi connectivity index (χ2n) is 4.26. The zero-order valence-electron chi connectivity index (χ0n) is 10.2. The molecule has 0 bridgehead atoms. The number of non-ortho nitro benzene ring substituents is 1. The number of nitro benzene ring substituents is 1. The van der Waals surface area contributed by atoms with Crippen LogP contribution in [-0.2, 0) is 0 Å². The fourth-order valence-corrected chi connectivity index (χ4v) is 2.07. The van der Waals surface area contributed by atoms with E-state index >= 15 is 0 Å². The van der Waals surface area contributed by atoms with Crippen LogP contribution in [0.4, 0.5) is 11.4 Å². The lowest BCUT2D eigenvalue weighted by molar-refractivity contribution is -0.384. The molecule has 20 heavy (non-hydrogen) atoms. The fourth-order valence-electron chi connectivity index (χ4n) is 1.94. The van der Waals surface area contributed by atoms with Gasteiger partial charge in [0, 0.05) is 17.2 Å². The smallest absolute Gasteiger partial charge is 0.271 e. The van der Waals surface area contributed by atoms with Gasteiger partial charge in [-0.25, -0.2) is 4.99 Å². The first kappa shape index (κ1) is 12.6. The molecule has 1 aliphatic heterocycles. The van der Waals surface area contributed by atoms with Crippen molar-refractivity contribution in [2.45, 2.75) is 0 Å². The number of hydrogen-bond acceptors (Lipinski definition) is 4. The first-order chi connectivity index (χ1) is 9.63. The molecule has 0 fully saturated rings. The Hall–Kier alpha value is -2.40. The highest BCUT2D eigenvalue weighted by Gasteiger charge is 2.17. The van der Waals surface area contributed by atoms with Crippen molar-refractivity contribution in [3.63, 3.8) is 0 Å². The van der Waals surface area contributed by atoms with Crippen LogP contribution in [0, 0.1) is 10.1 Å². The number of benzene rings is 2. The van der Waals surface area contributed by atoms with Gasteiger partial charge in [0.25, 0.3) is 5.69 Å². The normalized spacial score (nSPS) is 13.2. The van der Waals surface area contributed by atoms with Crippen molar-refractivity contribution >= 4 is 28.7 Å². The summed E-state index contributed by atoms with van der Waals surface area (Å²) in [6.07, 6.45) is 0. The number of rotatable bonds is 2. The molecule has 1 heterocycles. The maximum absolute atomic E-state index is 10.8. The molecule has 5 nitrogen and oxygen atoms in total. The van der Waals surface area contributed by atoms with Crippen molar-refractivity contribution < 1.29 is 9.66 Å². The van der Waals surface area contributed by atoms with Gasteiger partial charge in [-0.3, -0.25) is 10.1 Å². The van der Waals surface area contributed by atoms with E-state index < -0.39 is 4.92 Å². The Morgan fingerprint density at radius 1 is 1.20 bits per heavy atom. The highest BCUT2D eigenvalue weighted by molar-refractivity contribution is 6.30.